The normalized spacial score (nSPS) is 12.2. The fourth-order valence-corrected chi connectivity index (χ4v) is 2.80. The van der Waals surface area contributed by atoms with Crippen LogP contribution in [-0.4, -0.2) is 7.11 Å². The van der Waals surface area contributed by atoms with Crippen molar-refractivity contribution in [1.82, 2.24) is 5.32 Å². The van der Waals surface area contributed by atoms with Gasteiger partial charge in [-0.3, -0.25) is 0 Å². The Hall–Kier alpha value is -1.03. The Bertz CT molecular complexity index is 588. The molecule has 0 unspecified atom stereocenters. The van der Waals surface area contributed by atoms with Gasteiger partial charge in [0.2, 0.25) is 0 Å². The molecule has 0 amide bonds. The number of nitrogens with one attached hydrogen (secondary N) is 1. The van der Waals surface area contributed by atoms with Crippen LogP contribution in [0.3, 0.4) is 0 Å². The summed E-state index contributed by atoms with van der Waals surface area (Å²) in [6.45, 7) is 2.83. The highest BCUT2D eigenvalue weighted by Gasteiger charge is 2.11. The van der Waals surface area contributed by atoms with E-state index in [2.05, 4.69) is 34.2 Å². The summed E-state index contributed by atoms with van der Waals surface area (Å²) in [5.74, 6) is 0.898. The molecule has 0 fully saturated rings. The van der Waals surface area contributed by atoms with Crippen molar-refractivity contribution >= 4 is 27.5 Å². The van der Waals surface area contributed by atoms with Crippen molar-refractivity contribution in [2.75, 3.05) is 7.11 Å². The summed E-state index contributed by atoms with van der Waals surface area (Å²) in [6, 6.07) is 14.1. The Morgan fingerprint density at radius 2 is 2.00 bits per heavy atom. The first kappa shape index (κ1) is 15.4. The molecule has 0 aliphatic carbocycles. The molecule has 106 valence electrons. The number of hydrogen-bond donors (Lipinski definition) is 1. The number of para-hydroxylation sites is 1. The minimum absolute atomic E-state index is 0.186. The number of hydrogen-bond acceptors (Lipinski definition) is 2. The van der Waals surface area contributed by atoms with Gasteiger partial charge in [-0.2, -0.15) is 0 Å². The second kappa shape index (κ2) is 7.11. The van der Waals surface area contributed by atoms with Crippen molar-refractivity contribution < 1.29 is 4.74 Å². The molecule has 0 heterocycles. The van der Waals surface area contributed by atoms with E-state index in [4.69, 9.17) is 16.3 Å². The lowest BCUT2D eigenvalue weighted by Gasteiger charge is -2.17. The second-order valence-electron chi connectivity index (χ2n) is 4.58. The minimum atomic E-state index is 0.186. The largest absolute Gasteiger partial charge is 0.496 e. The predicted molar refractivity (Wildman–Crippen MR) is 87.4 cm³/mol. The summed E-state index contributed by atoms with van der Waals surface area (Å²) in [5.41, 5.74) is 2.22. The van der Waals surface area contributed by atoms with E-state index < -0.39 is 0 Å². The molecule has 1 N–H and O–H groups in total. The van der Waals surface area contributed by atoms with E-state index in [1.54, 1.807) is 7.11 Å². The van der Waals surface area contributed by atoms with Gasteiger partial charge in [0.25, 0.3) is 0 Å². The number of ether oxygens (including phenoxy) is 1. The molecule has 0 aliphatic heterocycles. The van der Waals surface area contributed by atoms with E-state index >= 15 is 0 Å². The molecule has 2 rings (SSSR count). The van der Waals surface area contributed by atoms with Crippen molar-refractivity contribution in [3.63, 3.8) is 0 Å². The molecular weight excluding hydrogens is 338 g/mol. The fourth-order valence-electron chi connectivity index (χ4n) is 2.06. The number of methoxy groups -OCH3 is 1. The van der Waals surface area contributed by atoms with Crippen molar-refractivity contribution in [1.29, 1.82) is 0 Å². The van der Waals surface area contributed by atoms with Gasteiger partial charge in [0.15, 0.2) is 0 Å². The van der Waals surface area contributed by atoms with Crippen LogP contribution in [-0.2, 0) is 6.54 Å². The van der Waals surface area contributed by atoms with Gasteiger partial charge in [0, 0.05) is 27.6 Å². The lowest BCUT2D eigenvalue weighted by Crippen LogP contribution is -2.18. The lowest BCUT2D eigenvalue weighted by molar-refractivity contribution is 0.401. The molecule has 0 saturated carbocycles. The maximum Gasteiger partial charge on any atom is 0.123 e. The first-order valence-electron chi connectivity index (χ1n) is 6.42. The molecule has 0 aromatic heterocycles. The van der Waals surface area contributed by atoms with Gasteiger partial charge in [-0.1, -0.05) is 51.8 Å². The molecular formula is C16H17BrClNO. The Balaban J connectivity index is 2.06. The van der Waals surface area contributed by atoms with Gasteiger partial charge < -0.3 is 10.1 Å². The van der Waals surface area contributed by atoms with E-state index in [1.807, 2.05) is 36.4 Å². The molecule has 1 atom stereocenters. The summed E-state index contributed by atoms with van der Waals surface area (Å²) in [6.07, 6.45) is 0. The van der Waals surface area contributed by atoms with Crippen LogP contribution in [0.4, 0.5) is 0 Å². The Morgan fingerprint density at radius 1 is 1.25 bits per heavy atom. The quantitative estimate of drug-likeness (QED) is 0.819. The highest BCUT2D eigenvalue weighted by molar-refractivity contribution is 9.10. The van der Waals surface area contributed by atoms with E-state index in [0.717, 1.165) is 26.4 Å². The molecule has 0 spiro atoms. The van der Waals surface area contributed by atoms with E-state index in [1.165, 1.54) is 0 Å². The fraction of sp³-hybridized carbons (Fsp3) is 0.250. The second-order valence-corrected chi connectivity index (χ2v) is 5.90. The standard InChI is InChI=1S/C16H17BrClNO/c1-11(14-5-3-4-6-16(14)20-2)19-10-12-7-8-13(17)9-15(12)18/h3-9,11,19H,10H2,1-2H3/t11-/m0/s1. The zero-order valence-corrected chi connectivity index (χ0v) is 13.8. The van der Waals surface area contributed by atoms with Gasteiger partial charge in [0.05, 0.1) is 7.11 Å². The first-order valence-corrected chi connectivity index (χ1v) is 7.59. The van der Waals surface area contributed by atoms with Crippen LogP contribution in [0, 0.1) is 0 Å². The topological polar surface area (TPSA) is 21.3 Å². The number of rotatable bonds is 5. The maximum atomic E-state index is 6.22. The zero-order chi connectivity index (χ0) is 14.5. The summed E-state index contributed by atoms with van der Waals surface area (Å²) in [5, 5.41) is 4.23. The molecule has 0 saturated heterocycles. The lowest BCUT2D eigenvalue weighted by atomic mass is 10.1. The van der Waals surface area contributed by atoms with Crippen molar-refractivity contribution in [3.8, 4) is 5.75 Å². The molecule has 2 nitrogen and oxygen atoms in total. The van der Waals surface area contributed by atoms with Crippen molar-refractivity contribution in [2.45, 2.75) is 19.5 Å². The maximum absolute atomic E-state index is 6.22. The highest BCUT2D eigenvalue weighted by atomic mass is 79.9. The summed E-state index contributed by atoms with van der Waals surface area (Å²) in [7, 11) is 1.69. The SMILES string of the molecule is COc1ccccc1[C@H](C)NCc1ccc(Br)cc1Cl. The van der Waals surface area contributed by atoms with Crippen LogP contribution >= 0.6 is 27.5 Å². The zero-order valence-electron chi connectivity index (χ0n) is 11.5. The molecule has 0 bridgehead atoms. The third kappa shape index (κ3) is 3.75. The van der Waals surface area contributed by atoms with Crippen molar-refractivity contribution in [3.05, 3.63) is 63.1 Å². The van der Waals surface area contributed by atoms with Crippen molar-refractivity contribution in [2.24, 2.45) is 0 Å². The van der Waals surface area contributed by atoms with Crippen LogP contribution in [0.2, 0.25) is 5.02 Å². The number of halogens is 2. The minimum Gasteiger partial charge on any atom is -0.496 e. The molecule has 0 radical (unpaired) electrons. The summed E-state index contributed by atoms with van der Waals surface area (Å²) >= 11 is 9.63. The van der Waals surface area contributed by atoms with E-state index in [-0.39, 0.29) is 6.04 Å². The average Bonchev–Trinajstić information content (AvgIpc) is 2.46. The molecule has 2 aromatic rings. The summed E-state index contributed by atoms with van der Waals surface area (Å²) < 4.78 is 6.38. The molecule has 2 aromatic carbocycles. The highest BCUT2D eigenvalue weighted by Crippen LogP contribution is 2.26. The monoisotopic (exact) mass is 353 g/mol. The van der Waals surface area contributed by atoms with E-state index in [0.29, 0.717) is 6.54 Å². The Labute approximate surface area is 133 Å². The third-order valence-corrected chi connectivity index (χ3v) is 4.06. The van der Waals surface area contributed by atoms with E-state index in [9.17, 15) is 0 Å². The van der Waals surface area contributed by atoms with Crippen LogP contribution in [0.5, 0.6) is 5.75 Å². The molecule has 0 aliphatic rings. The molecule has 4 heteroatoms. The van der Waals surface area contributed by atoms with Gasteiger partial charge in [-0.05, 0) is 30.7 Å². The Kier molecular flexibility index (Phi) is 5.46. The average molecular weight is 355 g/mol. The van der Waals surface area contributed by atoms with Crippen LogP contribution in [0.15, 0.2) is 46.9 Å². The number of benzene rings is 2. The summed E-state index contributed by atoms with van der Waals surface area (Å²) in [4.78, 5) is 0. The van der Waals surface area contributed by atoms with Gasteiger partial charge in [0.1, 0.15) is 5.75 Å². The molecule has 20 heavy (non-hydrogen) atoms. The van der Waals surface area contributed by atoms with Crippen LogP contribution < -0.4 is 10.1 Å². The van der Waals surface area contributed by atoms with Gasteiger partial charge in [-0.25, -0.2) is 0 Å². The van der Waals surface area contributed by atoms with Crippen LogP contribution in [0.1, 0.15) is 24.1 Å². The first-order chi connectivity index (χ1) is 9.61. The predicted octanol–water partition coefficient (Wildman–Crippen LogP) is 4.96. The van der Waals surface area contributed by atoms with Gasteiger partial charge in [-0.15, -0.1) is 0 Å². The van der Waals surface area contributed by atoms with Gasteiger partial charge >= 0.3 is 0 Å². The Morgan fingerprint density at radius 3 is 2.70 bits per heavy atom. The smallest absolute Gasteiger partial charge is 0.123 e. The van der Waals surface area contributed by atoms with Crippen LogP contribution in [0.25, 0.3) is 0 Å². The third-order valence-electron chi connectivity index (χ3n) is 3.22.